The minimum atomic E-state index is -0.0395. The number of amides is 1. The number of benzene rings is 2. The summed E-state index contributed by atoms with van der Waals surface area (Å²) >= 11 is 5.15. The highest BCUT2D eigenvalue weighted by Gasteiger charge is 2.30. The number of anilines is 2. The summed E-state index contributed by atoms with van der Waals surface area (Å²) in [6.45, 7) is 2.58. The normalized spacial score (nSPS) is 17.0. The Hall–Kier alpha value is -1.70. The molecule has 1 fully saturated rings. The third kappa shape index (κ3) is 4.10. The van der Waals surface area contributed by atoms with E-state index in [2.05, 4.69) is 0 Å². The van der Waals surface area contributed by atoms with Gasteiger partial charge in [-0.1, -0.05) is 23.5 Å². The number of carbonyl (C=O) groups excluding carboxylic acids is 1. The van der Waals surface area contributed by atoms with Crippen molar-refractivity contribution in [2.24, 2.45) is 0 Å². The van der Waals surface area contributed by atoms with Gasteiger partial charge in [0.25, 0.3) is 0 Å². The maximum Gasteiger partial charge on any atom is 0.247 e. The second-order valence-corrected chi connectivity index (χ2v) is 9.47. The van der Waals surface area contributed by atoms with Crippen LogP contribution in [0.1, 0.15) is 6.92 Å². The number of fused-ring (bicyclic) bond motifs is 1. The van der Waals surface area contributed by atoms with Crippen LogP contribution in [0.4, 0.5) is 10.8 Å². The van der Waals surface area contributed by atoms with Gasteiger partial charge in [0, 0.05) is 17.3 Å². The van der Waals surface area contributed by atoms with Gasteiger partial charge in [-0.15, -0.1) is 11.8 Å². The number of hydrogen-bond donors (Lipinski definition) is 0. The molecule has 4 rings (SSSR count). The summed E-state index contributed by atoms with van der Waals surface area (Å²) in [5.74, 6) is 3.88. The summed E-state index contributed by atoms with van der Waals surface area (Å²) in [5, 5.41) is 0.684. The Morgan fingerprint density at radius 3 is 2.70 bits per heavy atom. The highest BCUT2D eigenvalue weighted by molar-refractivity contribution is 8.07. The van der Waals surface area contributed by atoms with Crippen LogP contribution in [0.25, 0.3) is 10.2 Å². The molecule has 7 heteroatoms. The fraction of sp³-hybridized carbons (Fsp3) is 0.300. The maximum absolute atomic E-state index is 13.4. The van der Waals surface area contributed by atoms with Crippen molar-refractivity contribution in [1.82, 2.24) is 4.98 Å². The Morgan fingerprint density at radius 1 is 1.19 bits per heavy atom. The number of carbonyl (C=O) groups is 1. The lowest BCUT2D eigenvalue weighted by molar-refractivity contribution is -0.117. The molecule has 2 aromatic carbocycles. The first-order chi connectivity index (χ1) is 13.3. The molecule has 1 saturated heterocycles. The molecular weight excluding hydrogens is 396 g/mol. The molecule has 1 aliphatic heterocycles. The zero-order chi connectivity index (χ0) is 18.6. The molecule has 1 unspecified atom stereocenters. The topological polar surface area (TPSA) is 42.4 Å². The van der Waals surface area contributed by atoms with E-state index in [0.29, 0.717) is 6.61 Å². The number of aromatic nitrogens is 1. The molecule has 27 heavy (non-hydrogen) atoms. The van der Waals surface area contributed by atoms with E-state index in [4.69, 9.17) is 9.72 Å². The van der Waals surface area contributed by atoms with Crippen LogP contribution in [0.15, 0.2) is 48.5 Å². The van der Waals surface area contributed by atoms with Gasteiger partial charge in [0.1, 0.15) is 5.75 Å². The fourth-order valence-electron chi connectivity index (χ4n) is 2.92. The Labute approximate surface area is 171 Å². The van der Waals surface area contributed by atoms with E-state index in [9.17, 15) is 4.79 Å². The monoisotopic (exact) mass is 416 g/mol. The van der Waals surface area contributed by atoms with Gasteiger partial charge in [-0.3, -0.25) is 9.69 Å². The van der Waals surface area contributed by atoms with Gasteiger partial charge in [0.2, 0.25) is 5.91 Å². The molecule has 0 radical (unpaired) electrons. The van der Waals surface area contributed by atoms with Crippen LogP contribution < -0.4 is 9.64 Å². The zero-order valence-corrected chi connectivity index (χ0v) is 17.4. The Kier molecular flexibility index (Phi) is 5.90. The molecule has 1 atom stereocenters. The van der Waals surface area contributed by atoms with Crippen LogP contribution in [-0.4, -0.2) is 40.0 Å². The predicted molar refractivity (Wildman–Crippen MR) is 118 cm³/mol. The minimum Gasteiger partial charge on any atom is -0.494 e. The first-order valence-corrected chi connectivity index (χ1v) is 11.9. The average Bonchev–Trinajstić information content (AvgIpc) is 3.14. The van der Waals surface area contributed by atoms with Gasteiger partial charge in [0.15, 0.2) is 5.13 Å². The van der Waals surface area contributed by atoms with E-state index in [0.717, 1.165) is 44.0 Å². The number of hydrogen-bond acceptors (Lipinski definition) is 6. The van der Waals surface area contributed by atoms with E-state index in [1.807, 2.05) is 67.2 Å². The summed E-state index contributed by atoms with van der Waals surface area (Å²) in [5.41, 5.74) is 1.76. The van der Waals surface area contributed by atoms with E-state index >= 15 is 0 Å². The summed E-state index contributed by atoms with van der Waals surface area (Å²) in [6.07, 6.45) is 0. The third-order valence-corrected chi connectivity index (χ3v) is 7.95. The van der Waals surface area contributed by atoms with Crippen LogP contribution in [0.3, 0.4) is 0 Å². The van der Waals surface area contributed by atoms with Crippen LogP contribution in [0.2, 0.25) is 0 Å². The first kappa shape index (κ1) is 18.7. The van der Waals surface area contributed by atoms with Crippen molar-refractivity contribution in [3.63, 3.8) is 0 Å². The Balaban J connectivity index is 1.72. The van der Waals surface area contributed by atoms with Gasteiger partial charge in [-0.2, -0.15) is 11.8 Å². The molecule has 0 N–H and O–H groups in total. The number of para-hydroxylation sites is 1. The second-order valence-electron chi connectivity index (χ2n) is 6.00. The van der Waals surface area contributed by atoms with Gasteiger partial charge in [0.05, 0.1) is 27.8 Å². The van der Waals surface area contributed by atoms with Gasteiger partial charge >= 0.3 is 0 Å². The van der Waals surface area contributed by atoms with Crippen LogP contribution in [-0.2, 0) is 4.79 Å². The molecule has 140 valence electrons. The SMILES string of the molecule is CCOc1ccc(N(C(=O)C2CSCCS2)c2nc3ccccc3s2)cc1. The average molecular weight is 417 g/mol. The molecule has 1 aromatic heterocycles. The number of rotatable bonds is 5. The quantitative estimate of drug-likeness (QED) is 0.571. The number of nitrogens with zero attached hydrogens (tertiary/aromatic N) is 2. The number of thiazole rings is 1. The second kappa shape index (κ2) is 8.54. The molecule has 1 aliphatic rings. The lowest BCUT2D eigenvalue weighted by atomic mass is 10.2. The number of thioether (sulfide) groups is 2. The van der Waals surface area contributed by atoms with Crippen LogP contribution >= 0.6 is 34.9 Å². The molecule has 2 heterocycles. The molecule has 0 bridgehead atoms. The maximum atomic E-state index is 13.4. The van der Waals surface area contributed by atoms with Gasteiger partial charge < -0.3 is 4.74 Å². The van der Waals surface area contributed by atoms with Crippen LogP contribution in [0.5, 0.6) is 5.75 Å². The molecule has 0 aliphatic carbocycles. The van der Waals surface area contributed by atoms with Crippen molar-refractivity contribution in [3.05, 3.63) is 48.5 Å². The molecular formula is C20H20N2O2S3. The van der Waals surface area contributed by atoms with Crippen molar-refractivity contribution in [2.75, 3.05) is 28.8 Å². The van der Waals surface area contributed by atoms with Crippen molar-refractivity contribution in [2.45, 2.75) is 12.2 Å². The van der Waals surface area contributed by atoms with E-state index in [-0.39, 0.29) is 11.2 Å². The summed E-state index contributed by atoms with van der Waals surface area (Å²) in [7, 11) is 0. The molecule has 0 spiro atoms. The van der Waals surface area contributed by atoms with Gasteiger partial charge in [-0.05, 0) is 43.3 Å². The summed E-state index contributed by atoms with van der Waals surface area (Å²) in [6, 6.07) is 15.7. The third-order valence-electron chi connectivity index (χ3n) is 4.19. The lowest BCUT2D eigenvalue weighted by Crippen LogP contribution is -2.37. The van der Waals surface area contributed by atoms with E-state index in [1.54, 1.807) is 28.0 Å². The standard InChI is InChI=1S/C20H20N2O2S3/c1-2-24-15-9-7-14(8-10-15)22(19(23)18-13-25-11-12-26-18)20-21-16-5-3-4-6-17(16)27-20/h3-10,18H,2,11-13H2,1H3. The van der Waals surface area contributed by atoms with Crippen LogP contribution in [0, 0.1) is 0 Å². The minimum absolute atomic E-state index is 0.0395. The fourth-order valence-corrected chi connectivity index (χ4v) is 6.50. The smallest absolute Gasteiger partial charge is 0.247 e. The zero-order valence-electron chi connectivity index (χ0n) is 15.0. The largest absolute Gasteiger partial charge is 0.494 e. The van der Waals surface area contributed by atoms with E-state index in [1.165, 1.54) is 0 Å². The highest BCUT2D eigenvalue weighted by atomic mass is 32.2. The highest BCUT2D eigenvalue weighted by Crippen LogP contribution is 2.37. The Bertz CT molecular complexity index is 887. The lowest BCUT2D eigenvalue weighted by Gasteiger charge is -2.27. The van der Waals surface area contributed by atoms with Crippen molar-refractivity contribution < 1.29 is 9.53 Å². The van der Waals surface area contributed by atoms with Crippen molar-refractivity contribution in [3.8, 4) is 5.75 Å². The predicted octanol–water partition coefficient (Wildman–Crippen LogP) is 5.21. The van der Waals surface area contributed by atoms with E-state index < -0.39 is 0 Å². The first-order valence-electron chi connectivity index (χ1n) is 8.88. The van der Waals surface area contributed by atoms with Crippen molar-refractivity contribution >= 4 is 61.8 Å². The summed E-state index contributed by atoms with van der Waals surface area (Å²) < 4.78 is 6.63. The molecule has 1 amide bonds. The van der Waals surface area contributed by atoms with Gasteiger partial charge in [-0.25, -0.2) is 4.98 Å². The van der Waals surface area contributed by atoms with Crippen molar-refractivity contribution in [1.29, 1.82) is 0 Å². The summed E-state index contributed by atoms with van der Waals surface area (Å²) in [4.78, 5) is 19.9. The Morgan fingerprint density at radius 2 is 2.00 bits per heavy atom. The molecule has 4 nitrogen and oxygen atoms in total. The molecule has 3 aromatic rings. The molecule has 0 saturated carbocycles. The number of ether oxygens (including phenoxy) is 1.